The summed E-state index contributed by atoms with van der Waals surface area (Å²) in [4.78, 5) is 3.92. The van der Waals surface area contributed by atoms with E-state index in [2.05, 4.69) is 4.98 Å². The van der Waals surface area contributed by atoms with E-state index in [0.29, 0.717) is 10.2 Å². The van der Waals surface area contributed by atoms with Gasteiger partial charge in [-0.15, -0.1) is 11.3 Å². The van der Waals surface area contributed by atoms with Gasteiger partial charge in [0, 0.05) is 0 Å². The Balaban J connectivity index is 2.56. The van der Waals surface area contributed by atoms with Crippen LogP contribution in [0.3, 0.4) is 0 Å². The molecule has 2 aromatic rings. The maximum Gasteiger partial charge on any atom is 0.412 e. The van der Waals surface area contributed by atoms with E-state index in [-0.39, 0.29) is 5.01 Å². The molecule has 86 valence electrons. The molecule has 0 aliphatic carbocycles. The Morgan fingerprint density at radius 2 is 1.88 bits per heavy atom. The molecule has 16 heavy (non-hydrogen) atoms. The number of thiazole rings is 1. The zero-order valence-electron chi connectivity index (χ0n) is 8.38. The molecule has 2 nitrogen and oxygen atoms in total. The highest BCUT2D eigenvalue weighted by Gasteiger charge is 2.51. The summed E-state index contributed by atoms with van der Waals surface area (Å²) in [6.45, 7) is 0.935. The van der Waals surface area contributed by atoms with Crippen LogP contribution in [-0.4, -0.2) is 11.2 Å². The minimum absolute atomic E-state index is 0.110. The van der Waals surface area contributed by atoms with Crippen molar-refractivity contribution in [1.82, 2.24) is 4.98 Å². The number of nitrogens with zero attached hydrogens (tertiary/aromatic N) is 1. The monoisotopic (exact) mass is 246 g/mol. The lowest BCUT2D eigenvalue weighted by molar-refractivity contribution is -0.184. The average Bonchev–Trinajstić information content (AvgIpc) is 2.59. The molecular formula is C10H9F3N2S. The third-order valence-corrected chi connectivity index (χ3v) is 3.60. The van der Waals surface area contributed by atoms with Crippen LogP contribution in [0.1, 0.15) is 11.9 Å². The van der Waals surface area contributed by atoms with Crippen molar-refractivity contribution in [3.8, 4) is 0 Å². The lowest BCUT2D eigenvalue weighted by atomic mass is 10.1. The zero-order chi connectivity index (χ0) is 12.0. The van der Waals surface area contributed by atoms with Gasteiger partial charge in [-0.25, -0.2) is 4.98 Å². The molecule has 0 radical (unpaired) electrons. The van der Waals surface area contributed by atoms with Gasteiger partial charge in [0.2, 0.25) is 0 Å². The number of aromatic nitrogens is 1. The number of nitrogens with two attached hydrogens (primary N) is 1. The quantitative estimate of drug-likeness (QED) is 0.840. The average molecular weight is 246 g/mol. The van der Waals surface area contributed by atoms with E-state index in [4.69, 9.17) is 5.73 Å². The van der Waals surface area contributed by atoms with Crippen LogP contribution in [0.5, 0.6) is 0 Å². The molecule has 0 saturated heterocycles. The van der Waals surface area contributed by atoms with Gasteiger partial charge in [0.1, 0.15) is 5.01 Å². The lowest BCUT2D eigenvalue weighted by Crippen LogP contribution is -2.47. The highest BCUT2D eigenvalue weighted by molar-refractivity contribution is 7.18. The Kier molecular flexibility index (Phi) is 2.43. The van der Waals surface area contributed by atoms with Crippen molar-refractivity contribution in [3.05, 3.63) is 29.3 Å². The molecule has 1 aromatic heterocycles. The standard InChI is InChI=1S/C10H9F3N2S/c1-9(14,10(11,12)13)8-15-6-4-2-3-5-7(6)16-8/h2-5H,14H2,1H3. The number of hydrogen-bond donors (Lipinski definition) is 1. The van der Waals surface area contributed by atoms with Crippen LogP contribution in [0, 0.1) is 0 Å². The van der Waals surface area contributed by atoms with Crippen molar-refractivity contribution in [2.75, 3.05) is 0 Å². The molecule has 6 heteroatoms. The van der Waals surface area contributed by atoms with Crippen LogP contribution in [0.4, 0.5) is 13.2 Å². The molecule has 0 bridgehead atoms. The van der Waals surface area contributed by atoms with Gasteiger partial charge < -0.3 is 5.73 Å². The van der Waals surface area contributed by atoms with Gasteiger partial charge in [-0.2, -0.15) is 13.2 Å². The summed E-state index contributed by atoms with van der Waals surface area (Å²) in [5.41, 5.74) is 3.45. The Labute approximate surface area is 93.9 Å². The second-order valence-corrected chi connectivity index (χ2v) is 4.72. The molecule has 2 rings (SSSR count). The highest BCUT2D eigenvalue weighted by atomic mass is 32.1. The number of fused-ring (bicyclic) bond motifs is 1. The summed E-state index contributed by atoms with van der Waals surface area (Å²) in [6, 6.07) is 6.88. The molecule has 2 N–H and O–H groups in total. The Morgan fingerprint density at radius 3 is 2.44 bits per heavy atom. The van der Waals surface area contributed by atoms with E-state index in [1.165, 1.54) is 0 Å². The first-order valence-electron chi connectivity index (χ1n) is 4.54. The van der Waals surface area contributed by atoms with Gasteiger partial charge in [0.05, 0.1) is 10.2 Å². The number of alkyl halides is 3. The maximum absolute atomic E-state index is 12.7. The van der Waals surface area contributed by atoms with E-state index >= 15 is 0 Å². The fourth-order valence-corrected chi connectivity index (χ4v) is 2.26. The summed E-state index contributed by atoms with van der Waals surface area (Å²) >= 11 is 0.975. The second-order valence-electron chi connectivity index (χ2n) is 3.69. The highest BCUT2D eigenvalue weighted by Crippen LogP contribution is 2.39. The van der Waals surface area contributed by atoms with Crippen LogP contribution >= 0.6 is 11.3 Å². The molecule has 1 aromatic carbocycles. The van der Waals surface area contributed by atoms with Crippen LogP contribution in [-0.2, 0) is 5.54 Å². The number of para-hydroxylation sites is 1. The molecule has 0 aliphatic heterocycles. The number of halogens is 3. The summed E-state index contributed by atoms with van der Waals surface area (Å²) in [5, 5.41) is -0.110. The zero-order valence-corrected chi connectivity index (χ0v) is 9.19. The minimum atomic E-state index is -4.50. The van der Waals surface area contributed by atoms with Gasteiger partial charge in [-0.3, -0.25) is 0 Å². The maximum atomic E-state index is 12.7. The lowest BCUT2D eigenvalue weighted by Gasteiger charge is -2.24. The number of benzene rings is 1. The first-order valence-corrected chi connectivity index (χ1v) is 5.35. The molecule has 0 saturated carbocycles. The van der Waals surface area contributed by atoms with Crippen LogP contribution < -0.4 is 5.73 Å². The van der Waals surface area contributed by atoms with Crippen molar-refractivity contribution in [2.45, 2.75) is 18.6 Å². The van der Waals surface area contributed by atoms with Gasteiger partial charge in [-0.1, -0.05) is 12.1 Å². The normalized spacial score (nSPS) is 16.3. The van der Waals surface area contributed by atoms with Gasteiger partial charge in [0.25, 0.3) is 0 Å². The summed E-state index contributed by atoms with van der Waals surface area (Å²) in [7, 11) is 0. The van der Waals surface area contributed by atoms with Crippen molar-refractivity contribution < 1.29 is 13.2 Å². The van der Waals surface area contributed by atoms with E-state index in [1.807, 2.05) is 0 Å². The second kappa shape index (κ2) is 3.43. The van der Waals surface area contributed by atoms with Crippen molar-refractivity contribution in [3.63, 3.8) is 0 Å². The molecule has 0 fully saturated rings. The fourth-order valence-electron chi connectivity index (χ4n) is 1.22. The van der Waals surface area contributed by atoms with Gasteiger partial charge >= 0.3 is 6.18 Å². The van der Waals surface area contributed by atoms with Crippen molar-refractivity contribution in [1.29, 1.82) is 0 Å². The van der Waals surface area contributed by atoms with E-state index in [0.717, 1.165) is 18.3 Å². The molecule has 1 unspecified atom stereocenters. The predicted molar refractivity (Wildman–Crippen MR) is 57.2 cm³/mol. The smallest absolute Gasteiger partial charge is 0.312 e. The SMILES string of the molecule is CC(N)(c1nc2ccccc2s1)C(F)(F)F. The predicted octanol–water partition coefficient (Wildman–Crippen LogP) is 3.03. The van der Waals surface area contributed by atoms with E-state index in [9.17, 15) is 13.2 Å². The Bertz CT molecular complexity index is 483. The topological polar surface area (TPSA) is 38.9 Å². The first kappa shape index (κ1) is 11.3. The van der Waals surface area contributed by atoms with Gasteiger partial charge in [0.15, 0.2) is 5.54 Å². The number of rotatable bonds is 1. The minimum Gasteiger partial charge on any atom is -0.312 e. The first-order chi connectivity index (χ1) is 7.32. The Morgan fingerprint density at radius 1 is 1.25 bits per heavy atom. The largest absolute Gasteiger partial charge is 0.412 e. The van der Waals surface area contributed by atoms with Crippen molar-refractivity contribution >= 4 is 21.6 Å². The molecule has 0 aliphatic rings. The van der Waals surface area contributed by atoms with E-state index < -0.39 is 11.7 Å². The van der Waals surface area contributed by atoms with E-state index in [1.54, 1.807) is 24.3 Å². The van der Waals surface area contributed by atoms with Gasteiger partial charge in [-0.05, 0) is 19.1 Å². The molecule has 0 spiro atoms. The fraction of sp³-hybridized carbons (Fsp3) is 0.300. The molecule has 1 heterocycles. The number of hydrogen-bond acceptors (Lipinski definition) is 3. The molecular weight excluding hydrogens is 237 g/mol. The third kappa shape index (κ3) is 1.68. The third-order valence-electron chi connectivity index (χ3n) is 2.33. The summed E-state index contributed by atoms with van der Waals surface area (Å²) < 4.78 is 38.8. The summed E-state index contributed by atoms with van der Waals surface area (Å²) in [6.07, 6.45) is -4.50. The molecule has 0 amide bonds. The van der Waals surface area contributed by atoms with Crippen LogP contribution in [0.25, 0.3) is 10.2 Å². The summed E-state index contributed by atoms with van der Waals surface area (Å²) in [5.74, 6) is 0. The Hall–Kier alpha value is -1.14. The van der Waals surface area contributed by atoms with Crippen LogP contribution in [0.15, 0.2) is 24.3 Å². The van der Waals surface area contributed by atoms with Crippen LogP contribution in [0.2, 0.25) is 0 Å². The van der Waals surface area contributed by atoms with Crippen molar-refractivity contribution in [2.24, 2.45) is 5.73 Å². The molecule has 1 atom stereocenters.